The van der Waals surface area contributed by atoms with Gasteiger partial charge in [-0.25, -0.2) is 4.98 Å². The van der Waals surface area contributed by atoms with Crippen LogP contribution < -0.4 is 5.43 Å². The molecule has 5 heterocycles. The number of carbonyl (C=O) groups excluding carboxylic acids is 2. The molecule has 2 atom stereocenters. The van der Waals surface area contributed by atoms with Crippen molar-refractivity contribution in [3.05, 3.63) is 62.6 Å². The molecule has 0 saturated carbocycles. The number of fused-ring (bicyclic) bond motifs is 2. The molecule has 0 aromatic carbocycles. The highest BCUT2D eigenvalue weighted by Gasteiger charge is 2.41. The van der Waals surface area contributed by atoms with Crippen LogP contribution in [0.25, 0.3) is 11.3 Å². The number of aromatic nitrogens is 3. The first-order chi connectivity index (χ1) is 15.4. The second-order valence-electron chi connectivity index (χ2n) is 7.86. The molecule has 0 radical (unpaired) electrons. The Kier molecular flexibility index (Phi) is 5.10. The molecule has 0 aliphatic carbocycles. The Morgan fingerprint density at radius 2 is 2.09 bits per heavy atom. The van der Waals surface area contributed by atoms with Crippen LogP contribution in [0.2, 0.25) is 0 Å². The minimum Gasteiger partial charge on any atom is -0.503 e. The van der Waals surface area contributed by atoms with Crippen molar-refractivity contribution in [3.8, 4) is 17.0 Å². The molecule has 1 amide bonds. The Morgan fingerprint density at radius 3 is 2.88 bits per heavy atom. The summed E-state index contributed by atoms with van der Waals surface area (Å²) in [5, 5.41) is 12.9. The second-order valence-corrected chi connectivity index (χ2v) is 8.80. The number of thiazole rings is 1. The topological polar surface area (TPSA) is 115 Å². The van der Waals surface area contributed by atoms with Crippen LogP contribution in [-0.4, -0.2) is 55.1 Å². The van der Waals surface area contributed by atoms with E-state index in [0.717, 1.165) is 11.3 Å². The first-order valence-electron chi connectivity index (χ1n) is 10.2. The molecule has 2 aliphatic rings. The van der Waals surface area contributed by atoms with E-state index in [-0.39, 0.29) is 30.3 Å². The minimum atomic E-state index is -0.843. The fraction of sp³-hybridized carbons (Fsp3) is 0.318. The molecule has 9 nitrogen and oxygen atoms in total. The number of nitrogens with zero attached hydrogens (tertiary/aromatic N) is 4. The van der Waals surface area contributed by atoms with Crippen LogP contribution in [0.5, 0.6) is 5.75 Å². The van der Waals surface area contributed by atoms with Crippen LogP contribution in [0.15, 0.2) is 40.9 Å². The lowest BCUT2D eigenvalue weighted by Crippen LogP contribution is -2.57. The molecule has 2 aliphatic heterocycles. The smallest absolute Gasteiger partial charge is 0.276 e. The molecular formula is C22H20N4O5S. The van der Waals surface area contributed by atoms with Gasteiger partial charge in [0, 0.05) is 35.6 Å². The highest BCUT2D eigenvalue weighted by molar-refractivity contribution is 7.10. The van der Waals surface area contributed by atoms with Gasteiger partial charge in [0.15, 0.2) is 23.5 Å². The summed E-state index contributed by atoms with van der Waals surface area (Å²) in [6, 6.07) is 3.58. The number of aromatic hydroxyl groups is 1. The normalized spacial score (nSPS) is 20.0. The van der Waals surface area contributed by atoms with E-state index in [2.05, 4.69) is 9.97 Å². The summed E-state index contributed by atoms with van der Waals surface area (Å²) in [4.78, 5) is 48.7. The first kappa shape index (κ1) is 20.5. The van der Waals surface area contributed by atoms with Gasteiger partial charge >= 0.3 is 0 Å². The van der Waals surface area contributed by atoms with Crippen LogP contribution in [0.3, 0.4) is 0 Å². The molecule has 0 spiro atoms. The lowest BCUT2D eigenvalue weighted by Gasteiger charge is -2.44. The molecule has 5 rings (SSSR count). The third kappa shape index (κ3) is 3.41. The highest BCUT2D eigenvalue weighted by atomic mass is 32.1. The Balaban J connectivity index is 1.45. The third-order valence-electron chi connectivity index (χ3n) is 5.82. The zero-order valence-electron chi connectivity index (χ0n) is 17.2. The van der Waals surface area contributed by atoms with Crippen LogP contribution >= 0.6 is 11.3 Å². The van der Waals surface area contributed by atoms with Gasteiger partial charge in [-0.05, 0) is 25.5 Å². The van der Waals surface area contributed by atoms with Crippen molar-refractivity contribution in [2.45, 2.75) is 38.6 Å². The molecule has 3 aromatic rings. The van der Waals surface area contributed by atoms with Crippen molar-refractivity contribution >= 4 is 23.0 Å². The fourth-order valence-electron chi connectivity index (χ4n) is 4.14. The van der Waals surface area contributed by atoms with Crippen LogP contribution in [0.1, 0.15) is 39.2 Å². The number of Topliss-reactive ketones (excluding diaryl/α,β-unsaturated/α-hetero) is 1. The van der Waals surface area contributed by atoms with E-state index in [9.17, 15) is 19.5 Å². The van der Waals surface area contributed by atoms with Crippen molar-refractivity contribution in [1.29, 1.82) is 0 Å². The summed E-state index contributed by atoms with van der Waals surface area (Å²) in [7, 11) is 0. The lowest BCUT2D eigenvalue weighted by atomic mass is 10.0. The van der Waals surface area contributed by atoms with Crippen molar-refractivity contribution in [2.24, 2.45) is 0 Å². The molecule has 32 heavy (non-hydrogen) atoms. The number of amides is 1. The predicted octanol–water partition coefficient (Wildman–Crippen LogP) is 2.09. The Bertz CT molecular complexity index is 1270. The van der Waals surface area contributed by atoms with Gasteiger partial charge < -0.3 is 19.3 Å². The van der Waals surface area contributed by atoms with E-state index < -0.39 is 29.1 Å². The predicted molar refractivity (Wildman–Crippen MR) is 116 cm³/mol. The Hall–Kier alpha value is -3.37. The van der Waals surface area contributed by atoms with Gasteiger partial charge in [-0.1, -0.05) is 0 Å². The van der Waals surface area contributed by atoms with Gasteiger partial charge in [0.2, 0.25) is 5.43 Å². The molecular weight excluding hydrogens is 432 g/mol. The van der Waals surface area contributed by atoms with Crippen molar-refractivity contribution in [2.75, 3.05) is 6.61 Å². The Morgan fingerprint density at radius 1 is 1.31 bits per heavy atom. The average molecular weight is 452 g/mol. The van der Waals surface area contributed by atoms with E-state index in [1.165, 1.54) is 22.1 Å². The van der Waals surface area contributed by atoms with Gasteiger partial charge in [-0.3, -0.25) is 19.4 Å². The minimum absolute atomic E-state index is 0.0645. The molecule has 1 N–H and O–H groups in total. The van der Waals surface area contributed by atoms with E-state index >= 15 is 0 Å². The maximum absolute atomic E-state index is 13.0. The summed E-state index contributed by atoms with van der Waals surface area (Å²) in [6.07, 6.45) is 4.78. The SMILES string of the molecule is C[C@@H]1CCO[C@H]2Cn3cc(C(=O)Cc4nc(-c5ccncc5)cs4)c(=O)c(O)c3C(=O)N12. The fourth-order valence-corrected chi connectivity index (χ4v) is 4.94. The molecule has 0 bridgehead atoms. The zero-order valence-corrected chi connectivity index (χ0v) is 18.0. The number of ether oxygens (including phenoxy) is 1. The molecule has 164 valence electrons. The van der Waals surface area contributed by atoms with Crippen molar-refractivity contribution in [3.63, 3.8) is 0 Å². The number of hydrogen-bond acceptors (Lipinski definition) is 8. The number of ketones is 1. The average Bonchev–Trinajstić information content (AvgIpc) is 3.25. The summed E-state index contributed by atoms with van der Waals surface area (Å²) >= 11 is 1.32. The summed E-state index contributed by atoms with van der Waals surface area (Å²) in [5.41, 5.74) is 0.488. The maximum atomic E-state index is 13.0. The van der Waals surface area contributed by atoms with Crippen LogP contribution in [0, 0.1) is 0 Å². The molecule has 0 unspecified atom stereocenters. The van der Waals surface area contributed by atoms with Gasteiger partial charge in [0.1, 0.15) is 5.01 Å². The molecule has 3 aromatic heterocycles. The lowest BCUT2D eigenvalue weighted by molar-refractivity contribution is -0.112. The van der Waals surface area contributed by atoms with Gasteiger partial charge in [-0.2, -0.15) is 0 Å². The molecule has 10 heteroatoms. The largest absolute Gasteiger partial charge is 0.503 e. The molecule has 1 fully saturated rings. The van der Waals surface area contributed by atoms with E-state index in [4.69, 9.17) is 4.74 Å². The monoisotopic (exact) mass is 452 g/mol. The Labute approximate surface area is 186 Å². The van der Waals surface area contributed by atoms with Gasteiger partial charge in [0.25, 0.3) is 5.91 Å². The number of rotatable bonds is 4. The van der Waals surface area contributed by atoms with Gasteiger partial charge in [-0.15, -0.1) is 11.3 Å². The maximum Gasteiger partial charge on any atom is 0.276 e. The van der Waals surface area contributed by atoms with Crippen molar-refractivity contribution < 1.29 is 19.4 Å². The number of carbonyl (C=O) groups is 2. The standard InChI is InChI=1S/C22H20N4O5S/c1-12-4-7-31-18-10-25-9-14(20(28)21(29)19(25)22(30)26(12)18)16(27)8-17-24-15(11-32-17)13-2-5-23-6-3-13/h2-3,5-6,9,11-12,18,29H,4,7-8,10H2,1H3/t12-,18+/m1/s1. The van der Waals surface area contributed by atoms with Crippen molar-refractivity contribution in [1.82, 2.24) is 19.4 Å². The van der Waals surface area contributed by atoms with Crippen LogP contribution in [0.4, 0.5) is 0 Å². The highest BCUT2D eigenvalue weighted by Crippen LogP contribution is 2.29. The first-order valence-corrected chi connectivity index (χ1v) is 11.1. The summed E-state index contributed by atoms with van der Waals surface area (Å²) in [5.74, 6) is -1.64. The van der Waals surface area contributed by atoms with E-state index in [0.29, 0.717) is 18.0 Å². The quantitative estimate of drug-likeness (QED) is 0.603. The van der Waals surface area contributed by atoms with E-state index in [1.54, 1.807) is 17.3 Å². The number of hydrogen-bond donors (Lipinski definition) is 1. The van der Waals surface area contributed by atoms with Crippen LogP contribution in [-0.2, 0) is 17.7 Å². The molecule has 1 saturated heterocycles. The summed E-state index contributed by atoms with van der Waals surface area (Å²) in [6.45, 7) is 2.67. The summed E-state index contributed by atoms with van der Waals surface area (Å²) < 4.78 is 7.17. The van der Waals surface area contributed by atoms with E-state index in [1.807, 2.05) is 24.4 Å². The van der Waals surface area contributed by atoms with Gasteiger partial charge in [0.05, 0.1) is 30.8 Å². The third-order valence-corrected chi connectivity index (χ3v) is 6.67. The second kappa shape index (κ2) is 7.95. The zero-order chi connectivity index (χ0) is 22.4. The number of pyridine rings is 2.